The first-order valence-electron chi connectivity index (χ1n) is 4.91. The van der Waals surface area contributed by atoms with Crippen LogP contribution in [0.1, 0.15) is 19.6 Å². The van der Waals surface area contributed by atoms with Gasteiger partial charge in [0.25, 0.3) is 0 Å². The Morgan fingerprint density at radius 1 is 1.47 bits per heavy atom. The van der Waals surface area contributed by atoms with Crippen LogP contribution in [0.3, 0.4) is 0 Å². The lowest BCUT2D eigenvalue weighted by Gasteiger charge is -1.97. The number of allylic oxidation sites excluding steroid dienone is 2. The van der Waals surface area contributed by atoms with E-state index in [0.717, 1.165) is 12.2 Å². The van der Waals surface area contributed by atoms with Gasteiger partial charge in [-0.05, 0) is 30.2 Å². The van der Waals surface area contributed by atoms with E-state index in [-0.39, 0.29) is 5.78 Å². The van der Waals surface area contributed by atoms with Crippen molar-refractivity contribution in [3.8, 4) is 0 Å². The summed E-state index contributed by atoms with van der Waals surface area (Å²) in [6.45, 7) is 10.8. The fourth-order valence-corrected chi connectivity index (χ4v) is 0.914. The largest absolute Gasteiger partial charge is 0.469 e. The van der Waals surface area contributed by atoms with Crippen molar-refractivity contribution in [1.82, 2.24) is 0 Å². The van der Waals surface area contributed by atoms with Gasteiger partial charge in [0.15, 0.2) is 5.78 Å². The van der Waals surface area contributed by atoms with E-state index in [4.69, 9.17) is 4.42 Å². The van der Waals surface area contributed by atoms with E-state index in [9.17, 15) is 4.79 Å². The second kappa shape index (κ2) is 7.80. The summed E-state index contributed by atoms with van der Waals surface area (Å²) in [5.41, 5.74) is 0. The summed E-state index contributed by atoms with van der Waals surface area (Å²) in [6.07, 6.45) is 5.20. The van der Waals surface area contributed by atoms with E-state index in [2.05, 4.69) is 27.0 Å². The molecule has 82 valence electrons. The lowest BCUT2D eigenvalue weighted by Crippen LogP contribution is -1.90. The molecule has 0 saturated heterocycles. The van der Waals surface area contributed by atoms with E-state index in [0.29, 0.717) is 5.92 Å². The molecule has 0 aromatic carbocycles. The van der Waals surface area contributed by atoms with Crippen LogP contribution in [0.15, 0.2) is 48.1 Å². The number of hydrogen-bond donors (Lipinski definition) is 0. The van der Waals surface area contributed by atoms with E-state index < -0.39 is 0 Å². The van der Waals surface area contributed by atoms with E-state index in [1.54, 1.807) is 6.26 Å². The highest BCUT2D eigenvalue weighted by Gasteiger charge is 1.97. The first-order valence-corrected chi connectivity index (χ1v) is 4.91. The van der Waals surface area contributed by atoms with Crippen LogP contribution in [0.5, 0.6) is 0 Å². The zero-order valence-corrected chi connectivity index (χ0v) is 9.40. The van der Waals surface area contributed by atoms with E-state index in [1.165, 1.54) is 12.2 Å². The Morgan fingerprint density at radius 3 is 2.33 bits per heavy atom. The van der Waals surface area contributed by atoms with Crippen LogP contribution < -0.4 is 0 Å². The number of ketones is 1. The van der Waals surface area contributed by atoms with Gasteiger partial charge in [-0.3, -0.25) is 4.79 Å². The number of furan rings is 1. The molecule has 2 nitrogen and oxygen atoms in total. The molecule has 0 atom stereocenters. The maximum Gasteiger partial charge on any atom is 0.177 e. The highest BCUT2D eigenvalue weighted by molar-refractivity contribution is 5.98. The molecule has 0 fully saturated rings. The van der Waals surface area contributed by atoms with Crippen molar-refractivity contribution in [3.63, 3.8) is 0 Å². The van der Waals surface area contributed by atoms with Crippen molar-refractivity contribution in [1.29, 1.82) is 0 Å². The molecule has 1 aromatic heterocycles. The molecule has 1 aromatic rings. The minimum absolute atomic E-state index is 0.130. The Morgan fingerprint density at radius 2 is 2.07 bits per heavy atom. The van der Waals surface area contributed by atoms with Gasteiger partial charge < -0.3 is 4.42 Å². The molecule has 0 N–H and O–H groups in total. The molecule has 0 aliphatic heterocycles. The van der Waals surface area contributed by atoms with Gasteiger partial charge in [0.1, 0.15) is 5.76 Å². The summed E-state index contributed by atoms with van der Waals surface area (Å²) in [5.74, 6) is 1.65. The molecule has 0 spiro atoms. The maximum atomic E-state index is 9.94. The molecule has 0 unspecified atom stereocenters. The highest BCUT2D eigenvalue weighted by atomic mass is 16.3. The smallest absolute Gasteiger partial charge is 0.177 e. The quantitative estimate of drug-likeness (QED) is 0.707. The van der Waals surface area contributed by atoms with Crippen molar-refractivity contribution < 1.29 is 9.21 Å². The molecule has 0 aliphatic rings. The molecular formula is C13H18O2. The standard InChI is InChI=1S/C8H12O.C5H6O/c1-7(2)6-8-4-3-5-9-8;1-3-5(6)4-2/h3-5,7H,6H2,1-2H3;3-4H,1-2H2. The van der Waals surface area contributed by atoms with Gasteiger partial charge in [-0.15, -0.1) is 0 Å². The lowest BCUT2D eigenvalue weighted by atomic mass is 10.1. The molecule has 0 bridgehead atoms. The van der Waals surface area contributed by atoms with Gasteiger partial charge in [0.05, 0.1) is 6.26 Å². The highest BCUT2D eigenvalue weighted by Crippen LogP contribution is 2.06. The second-order valence-corrected chi connectivity index (χ2v) is 3.49. The van der Waals surface area contributed by atoms with Gasteiger partial charge in [-0.25, -0.2) is 0 Å². The maximum absolute atomic E-state index is 9.94. The van der Waals surface area contributed by atoms with Crippen molar-refractivity contribution in [3.05, 3.63) is 49.5 Å². The summed E-state index contributed by atoms with van der Waals surface area (Å²) in [5, 5.41) is 0. The lowest BCUT2D eigenvalue weighted by molar-refractivity contribution is -0.110. The van der Waals surface area contributed by atoms with Crippen molar-refractivity contribution >= 4 is 5.78 Å². The third-order valence-corrected chi connectivity index (χ3v) is 1.59. The Labute approximate surface area is 91.3 Å². The van der Waals surface area contributed by atoms with Crippen LogP contribution >= 0.6 is 0 Å². The first kappa shape index (κ1) is 13.4. The minimum atomic E-state index is -0.130. The van der Waals surface area contributed by atoms with Gasteiger partial charge in [-0.2, -0.15) is 0 Å². The third-order valence-electron chi connectivity index (χ3n) is 1.59. The topological polar surface area (TPSA) is 30.2 Å². The number of rotatable bonds is 4. The zero-order valence-electron chi connectivity index (χ0n) is 9.40. The average molecular weight is 206 g/mol. The van der Waals surface area contributed by atoms with Gasteiger partial charge in [0.2, 0.25) is 0 Å². The zero-order chi connectivity index (χ0) is 11.7. The number of carbonyl (C=O) groups is 1. The summed E-state index contributed by atoms with van der Waals surface area (Å²) in [6, 6.07) is 3.94. The second-order valence-electron chi connectivity index (χ2n) is 3.49. The SMILES string of the molecule is C=CC(=O)C=C.CC(C)Cc1ccco1. The van der Waals surface area contributed by atoms with Crippen molar-refractivity contribution in [2.45, 2.75) is 20.3 Å². The Bertz CT molecular complexity index is 284. The van der Waals surface area contributed by atoms with Crippen LogP contribution in [0.25, 0.3) is 0 Å². The third kappa shape index (κ3) is 7.50. The summed E-state index contributed by atoms with van der Waals surface area (Å²) < 4.78 is 5.14. The van der Waals surface area contributed by atoms with Gasteiger partial charge in [0, 0.05) is 6.42 Å². The fraction of sp³-hybridized carbons (Fsp3) is 0.308. The van der Waals surface area contributed by atoms with Crippen LogP contribution in [0, 0.1) is 5.92 Å². The molecule has 0 radical (unpaired) electrons. The van der Waals surface area contributed by atoms with E-state index >= 15 is 0 Å². The normalized spacial score (nSPS) is 9.00. The van der Waals surface area contributed by atoms with Crippen LogP contribution in [-0.4, -0.2) is 5.78 Å². The Balaban J connectivity index is 0.000000288. The Hall–Kier alpha value is -1.57. The molecule has 0 amide bonds. The van der Waals surface area contributed by atoms with Gasteiger partial charge in [-0.1, -0.05) is 27.0 Å². The van der Waals surface area contributed by atoms with Crippen molar-refractivity contribution in [2.75, 3.05) is 0 Å². The van der Waals surface area contributed by atoms with Crippen molar-refractivity contribution in [2.24, 2.45) is 5.92 Å². The van der Waals surface area contributed by atoms with Crippen LogP contribution in [0.2, 0.25) is 0 Å². The fourth-order valence-electron chi connectivity index (χ4n) is 0.914. The molecule has 0 saturated carbocycles. The van der Waals surface area contributed by atoms with Crippen LogP contribution in [-0.2, 0) is 11.2 Å². The molecular weight excluding hydrogens is 188 g/mol. The minimum Gasteiger partial charge on any atom is -0.469 e. The van der Waals surface area contributed by atoms with E-state index in [1.807, 2.05) is 12.1 Å². The summed E-state index contributed by atoms with van der Waals surface area (Å²) >= 11 is 0. The molecule has 1 heterocycles. The number of carbonyl (C=O) groups excluding carboxylic acids is 1. The summed E-state index contributed by atoms with van der Waals surface area (Å²) in [7, 11) is 0. The average Bonchev–Trinajstić information content (AvgIpc) is 2.69. The van der Waals surface area contributed by atoms with Gasteiger partial charge >= 0.3 is 0 Å². The molecule has 0 aliphatic carbocycles. The first-order chi connectivity index (χ1) is 7.10. The van der Waals surface area contributed by atoms with Crippen LogP contribution in [0.4, 0.5) is 0 Å². The molecule has 1 rings (SSSR count). The predicted octanol–water partition coefficient (Wildman–Crippen LogP) is 3.41. The molecule has 15 heavy (non-hydrogen) atoms. The summed E-state index contributed by atoms with van der Waals surface area (Å²) in [4.78, 5) is 9.94. The predicted molar refractivity (Wildman–Crippen MR) is 62.7 cm³/mol. The monoisotopic (exact) mass is 206 g/mol. The Kier molecular flexibility index (Phi) is 6.98. The number of hydrogen-bond acceptors (Lipinski definition) is 2. The molecule has 2 heteroatoms.